The number of hydrogen-bond acceptors (Lipinski definition) is 3. The fourth-order valence-electron chi connectivity index (χ4n) is 2.55. The van der Waals surface area contributed by atoms with Gasteiger partial charge in [0.1, 0.15) is 5.75 Å². The topological polar surface area (TPSA) is 61.7 Å². The van der Waals surface area contributed by atoms with E-state index in [0.29, 0.717) is 5.56 Å². The molecule has 2 aromatic carbocycles. The van der Waals surface area contributed by atoms with E-state index in [4.69, 9.17) is 0 Å². The van der Waals surface area contributed by atoms with Crippen molar-refractivity contribution in [2.45, 2.75) is 19.3 Å². The van der Waals surface area contributed by atoms with Gasteiger partial charge in [0, 0.05) is 11.1 Å². The van der Waals surface area contributed by atoms with Crippen LogP contribution in [0.1, 0.15) is 34.3 Å². The smallest absolute Gasteiger partial charge is 0.271 e. The molecule has 0 saturated heterocycles. The molecule has 0 heterocycles. The van der Waals surface area contributed by atoms with Gasteiger partial charge in [0.25, 0.3) is 5.91 Å². The minimum atomic E-state index is -0.318. The first kappa shape index (κ1) is 13.4. The van der Waals surface area contributed by atoms with Crippen LogP contribution in [-0.4, -0.2) is 16.7 Å². The van der Waals surface area contributed by atoms with Gasteiger partial charge in [0.2, 0.25) is 0 Å². The first-order valence-electron chi connectivity index (χ1n) is 6.98. The van der Waals surface area contributed by atoms with Crippen molar-refractivity contribution in [1.82, 2.24) is 5.43 Å². The summed E-state index contributed by atoms with van der Waals surface area (Å²) in [6.45, 7) is 0. The van der Waals surface area contributed by atoms with Gasteiger partial charge in [-0.3, -0.25) is 4.79 Å². The number of nitrogens with one attached hydrogen (secondary N) is 1. The van der Waals surface area contributed by atoms with Crippen LogP contribution in [0.3, 0.4) is 0 Å². The number of aryl methyl sites for hydroxylation is 1. The average molecular weight is 280 g/mol. The number of nitrogens with zero attached hydrogens (tertiary/aromatic N) is 1. The molecule has 4 nitrogen and oxygen atoms in total. The summed E-state index contributed by atoms with van der Waals surface area (Å²) < 4.78 is 0. The highest BCUT2D eigenvalue weighted by Gasteiger charge is 2.15. The second-order valence-electron chi connectivity index (χ2n) is 5.06. The maximum atomic E-state index is 12.0. The number of hydrogen-bond donors (Lipinski definition) is 2. The van der Waals surface area contributed by atoms with E-state index in [0.717, 1.165) is 30.5 Å². The number of phenols is 1. The molecule has 0 aromatic heterocycles. The Morgan fingerprint density at radius 2 is 1.95 bits per heavy atom. The van der Waals surface area contributed by atoms with Crippen LogP contribution < -0.4 is 5.43 Å². The van der Waals surface area contributed by atoms with Gasteiger partial charge < -0.3 is 5.11 Å². The lowest BCUT2D eigenvalue weighted by Crippen LogP contribution is -2.22. The fourth-order valence-corrected chi connectivity index (χ4v) is 2.55. The normalized spacial score (nSPS) is 15.5. The molecule has 2 N–H and O–H groups in total. The number of phenolic OH excluding ortho intramolecular Hbond substituents is 1. The van der Waals surface area contributed by atoms with E-state index in [9.17, 15) is 9.90 Å². The zero-order chi connectivity index (χ0) is 14.7. The lowest BCUT2D eigenvalue weighted by atomic mass is 9.90. The van der Waals surface area contributed by atoms with Crippen LogP contribution in [0.2, 0.25) is 0 Å². The molecule has 106 valence electrons. The third-order valence-corrected chi connectivity index (χ3v) is 3.59. The van der Waals surface area contributed by atoms with Crippen molar-refractivity contribution in [2.24, 2.45) is 5.10 Å². The lowest BCUT2D eigenvalue weighted by Gasteiger charge is -2.17. The van der Waals surface area contributed by atoms with Crippen molar-refractivity contribution in [3.05, 3.63) is 65.2 Å². The van der Waals surface area contributed by atoms with Gasteiger partial charge in [-0.2, -0.15) is 5.10 Å². The Hall–Kier alpha value is -2.62. The summed E-state index contributed by atoms with van der Waals surface area (Å²) in [5, 5.41) is 13.7. The fraction of sp³-hybridized carbons (Fsp3) is 0.176. The molecule has 0 spiro atoms. The van der Waals surface area contributed by atoms with Crippen LogP contribution in [-0.2, 0) is 6.42 Å². The molecule has 0 aliphatic heterocycles. The summed E-state index contributed by atoms with van der Waals surface area (Å²) in [5.74, 6) is -0.250. The van der Waals surface area contributed by atoms with Gasteiger partial charge in [0.15, 0.2) is 0 Å². The molecule has 0 bridgehead atoms. The van der Waals surface area contributed by atoms with Crippen LogP contribution in [0.4, 0.5) is 0 Å². The zero-order valence-corrected chi connectivity index (χ0v) is 11.5. The van der Waals surface area contributed by atoms with E-state index in [2.05, 4.69) is 16.6 Å². The molecule has 2 aromatic rings. The Balaban J connectivity index is 1.79. The van der Waals surface area contributed by atoms with Crippen LogP contribution in [0, 0.1) is 0 Å². The van der Waals surface area contributed by atoms with E-state index in [1.54, 1.807) is 12.1 Å². The molecule has 0 fully saturated rings. The number of hydrazone groups is 1. The van der Waals surface area contributed by atoms with Crippen molar-refractivity contribution in [3.63, 3.8) is 0 Å². The summed E-state index contributed by atoms with van der Waals surface area (Å²) in [4.78, 5) is 12.0. The monoisotopic (exact) mass is 280 g/mol. The van der Waals surface area contributed by atoms with Crippen molar-refractivity contribution >= 4 is 11.6 Å². The summed E-state index contributed by atoms with van der Waals surface area (Å²) in [7, 11) is 0. The Kier molecular flexibility index (Phi) is 3.69. The van der Waals surface area contributed by atoms with E-state index >= 15 is 0 Å². The van der Waals surface area contributed by atoms with Crippen LogP contribution in [0.15, 0.2) is 53.6 Å². The first-order valence-corrected chi connectivity index (χ1v) is 6.98. The maximum absolute atomic E-state index is 12.0. The molecule has 0 atom stereocenters. The molecule has 1 aliphatic carbocycles. The average Bonchev–Trinajstić information content (AvgIpc) is 2.52. The van der Waals surface area contributed by atoms with Gasteiger partial charge in [-0.25, -0.2) is 5.43 Å². The van der Waals surface area contributed by atoms with Gasteiger partial charge in [-0.1, -0.05) is 30.3 Å². The highest BCUT2D eigenvalue weighted by atomic mass is 16.3. The van der Waals surface area contributed by atoms with E-state index in [1.165, 1.54) is 17.7 Å². The highest BCUT2D eigenvalue weighted by molar-refractivity contribution is 6.04. The number of rotatable bonds is 2. The summed E-state index contributed by atoms with van der Waals surface area (Å²) in [6, 6.07) is 14.4. The molecule has 0 saturated carbocycles. The second-order valence-corrected chi connectivity index (χ2v) is 5.06. The molecule has 0 unspecified atom stereocenters. The van der Waals surface area contributed by atoms with Crippen LogP contribution in [0.25, 0.3) is 0 Å². The van der Waals surface area contributed by atoms with Crippen LogP contribution >= 0.6 is 0 Å². The predicted octanol–water partition coefficient (Wildman–Crippen LogP) is 2.86. The van der Waals surface area contributed by atoms with Crippen molar-refractivity contribution in [3.8, 4) is 5.75 Å². The summed E-state index contributed by atoms with van der Waals surface area (Å²) in [6.07, 6.45) is 2.95. The standard InChI is InChI=1S/C17H16N2O2/c20-14-8-3-7-13(11-14)17(21)19-18-16-10-4-6-12-5-1-2-9-15(12)16/h1-3,5,7-9,11,20H,4,6,10H2,(H,19,21)/b18-16+. The van der Waals surface area contributed by atoms with Crippen molar-refractivity contribution < 1.29 is 9.90 Å². The number of benzene rings is 2. The molecule has 4 heteroatoms. The van der Waals surface area contributed by atoms with Crippen LogP contribution in [0.5, 0.6) is 5.75 Å². The number of amides is 1. The molecule has 1 aliphatic rings. The molecule has 3 rings (SSSR count). The van der Waals surface area contributed by atoms with Crippen molar-refractivity contribution in [2.75, 3.05) is 0 Å². The quantitative estimate of drug-likeness (QED) is 0.831. The van der Waals surface area contributed by atoms with E-state index < -0.39 is 0 Å². The Morgan fingerprint density at radius 3 is 2.81 bits per heavy atom. The first-order chi connectivity index (χ1) is 10.2. The SMILES string of the molecule is O=C(N/N=C1\CCCc2ccccc21)c1cccc(O)c1. The molecule has 21 heavy (non-hydrogen) atoms. The maximum Gasteiger partial charge on any atom is 0.271 e. The second kappa shape index (κ2) is 5.79. The number of carbonyl (C=O) groups excluding carboxylic acids is 1. The van der Waals surface area contributed by atoms with Gasteiger partial charge in [-0.05, 0) is 43.0 Å². The zero-order valence-electron chi connectivity index (χ0n) is 11.5. The molecular formula is C17H16N2O2. The van der Waals surface area contributed by atoms with Gasteiger partial charge in [0.05, 0.1) is 5.71 Å². The van der Waals surface area contributed by atoms with E-state index in [-0.39, 0.29) is 11.7 Å². The number of fused-ring (bicyclic) bond motifs is 1. The van der Waals surface area contributed by atoms with Gasteiger partial charge in [-0.15, -0.1) is 0 Å². The minimum Gasteiger partial charge on any atom is -0.508 e. The minimum absolute atomic E-state index is 0.0679. The Morgan fingerprint density at radius 1 is 1.10 bits per heavy atom. The largest absolute Gasteiger partial charge is 0.508 e. The summed E-state index contributed by atoms with van der Waals surface area (Å²) in [5.41, 5.74) is 6.26. The lowest BCUT2D eigenvalue weighted by molar-refractivity contribution is 0.0954. The molecular weight excluding hydrogens is 264 g/mol. The third kappa shape index (κ3) is 2.94. The number of aromatic hydroxyl groups is 1. The Labute approximate surface area is 123 Å². The third-order valence-electron chi connectivity index (χ3n) is 3.59. The summed E-state index contributed by atoms with van der Waals surface area (Å²) >= 11 is 0. The molecule has 1 amide bonds. The predicted molar refractivity (Wildman–Crippen MR) is 81.5 cm³/mol. The van der Waals surface area contributed by atoms with E-state index in [1.807, 2.05) is 18.2 Å². The highest BCUT2D eigenvalue weighted by Crippen LogP contribution is 2.21. The van der Waals surface area contributed by atoms with Crippen molar-refractivity contribution in [1.29, 1.82) is 0 Å². The number of carbonyl (C=O) groups is 1. The van der Waals surface area contributed by atoms with Gasteiger partial charge >= 0.3 is 0 Å². The molecule has 0 radical (unpaired) electrons. The Bertz CT molecular complexity index is 707.